The summed E-state index contributed by atoms with van der Waals surface area (Å²) in [7, 11) is -1.94. The second-order valence-electron chi connectivity index (χ2n) is 12.0. The van der Waals surface area contributed by atoms with Crippen molar-refractivity contribution in [2.24, 2.45) is 0 Å². The lowest BCUT2D eigenvalue weighted by molar-refractivity contribution is 1.09. The summed E-state index contributed by atoms with van der Waals surface area (Å²) in [5.41, 5.74) is 10.9. The molecule has 43 heavy (non-hydrogen) atoms. The molecule has 3 nitrogen and oxygen atoms in total. The van der Waals surface area contributed by atoms with Gasteiger partial charge in [0.2, 0.25) is 0 Å². The Bertz CT molecular complexity index is 2360. The third-order valence-corrected chi connectivity index (χ3v) is 12.8. The molecule has 0 saturated heterocycles. The largest absolute Gasteiger partial charge is 0.309 e. The number of para-hydroxylation sites is 3. The summed E-state index contributed by atoms with van der Waals surface area (Å²) < 4.78 is 4.79. The first-order valence-electron chi connectivity index (χ1n) is 14.9. The molecule has 9 rings (SSSR count). The highest BCUT2D eigenvalue weighted by Gasteiger charge is 2.40. The molecule has 6 aromatic carbocycles. The predicted octanol–water partition coefficient (Wildman–Crippen LogP) is 8.59. The van der Waals surface area contributed by atoms with Crippen LogP contribution in [-0.2, 0) is 0 Å². The molecule has 0 spiro atoms. The maximum absolute atomic E-state index is 5.05. The number of nitrogens with zero attached hydrogens (tertiary/aromatic N) is 3. The molecule has 1 aliphatic rings. The van der Waals surface area contributed by atoms with E-state index in [1.807, 2.05) is 0 Å². The zero-order valence-electron chi connectivity index (χ0n) is 24.1. The van der Waals surface area contributed by atoms with Crippen molar-refractivity contribution >= 4 is 51.3 Å². The number of hydrogen-bond acceptors (Lipinski definition) is 1. The molecule has 0 atom stereocenters. The predicted molar refractivity (Wildman–Crippen MR) is 183 cm³/mol. The molecule has 0 aliphatic carbocycles. The molecule has 3 heterocycles. The first-order valence-corrected chi connectivity index (χ1v) is 17.9. The minimum atomic E-state index is -1.94. The molecule has 4 heteroatoms. The van der Waals surface area contributed by atoms with Crippen LogP contribution in [0, 0.1) is 0 Å². The van der Waals surface area contributed by atoms with E-state index in [-0.39, 0.29) is 0 Å². The second-order valence-corrected chi connectivity index (χ2v) is 16.3. The fourth-order valence-corrected chi connectivity index (χ4v) is 10.8. The Morgan fingerprint density at radius 1 is 0.512 bits per heavy atom. The van der Waals surface area contributed by atoms with Gasteiger partial charge in [-0.3, -0.25) is 4.57 Å². The van der Waals surface area contributed by atoms with Crippen LogP contribution in [0.15, 0.2) is 140 Å². The van der Waals surface area contributed by atoms with Gasteiger partial charge in [-0.05, 0) is 64.0 Å². The van der Waals surface area contributed by atoms with E-state index in [4.69, 9.17) is 4.98 Å². The fourth-order valence-electron chi connectivity index (χ4n) is 7.40. The van der Waals surface area contributed by atoms with Gasteiger partial charge in [0.1, 0.15) is 13.9 Å². The summed E-state index contributed by atoms with van der Waals surface area (Å²) in [6.45, 7) is 5.02. The number of imidazole rings is 1. The molecule has 0 bridgehead atoms. The normalized spacial score (nSPS) is 13.5. The van der Waals surface area contributed by atoms with Crippen LogP contribution in [0.4, 0.5) is 0 Å². The fraction of sp³-hybridized carbons (Fsp3) is 0.0513. The van der Waals surface area contributed by atoms with Gasteiger partial charge in [0, 0.05) is 27.7 Å². The Kier molecular flexibility index (Phi) is 5.05. The van der Waals surface area contributed by atoms with E-state index in [1.165, 1.54) is 43.8 Å². The molecular formula is C39H29N3Si. The highest BCUT2D eigenvalue weighted by molar-refractivity contribution is 7.05. The summed E-state index contributed by atoms with van der Waals surface area (Å²) in [4.78, 5) is 5.05. The molecular weight excluding hydrogens is 539 g/mol. The van der Waals surface area contributed by atoms with E-state index >= 15 is 0 Å². The van der Waals surface area contributed by atoms with E-state index in [0.717, 1.165) is 28.1 Å². The summed E-state index contributed by atoms with van der Waals surface area (Å²) >= 11 is 0. The van der Waals surface area contributed by atoms with Crippen LogP contribution in [0.5, 0.6) is 0 Å². The quantitative estimate of drug-likeness (QED) is 0.196. The Hall–Kier alpha value is -5.19. The van der Waals surface area contributed by atoms with Crippen molar-refractivity contribution in [1.82, 2.24) is 14.1 Å². The second kappa shape index (κ2) is 8.90. The first-order chi connectivity index (χ1) is 21.1. The van der Waals surface area contributed by atoms with Crippen LogP contribution < -0.4 is 10.4 Å². The molecule has 0 saturated carbocycles. The average Bonchev–Trinajstić information content (AvgIpc) is 3.68. The van der Waals surface area contributed by atoms with E-state index < -0.39 is 8.07 Å². The number of hydrogen-bond donors (Lipinski definition) is 0. The lowest BCUT2D eigenvalue weighted by atomic mass is 10.0. The molecule has 0 amide bonds. The summed E-state index contributed by atoms with van der Waals surface area (Å²) in [5, 5.41) is 5.71. The van der Waals surface area contributed by atoms with Crippen molar-refractivity contribution in [3.8, 4) is 33.9 Å². The Morgan fingerprint density at radius 2 is 1.16 bits per heavy atom. The zero-order chi connectivity index (χ0) is 28.7. The number of rotatable bonds is 3. The standard InChI is InChI=1S/C39H29N3Si/c1-43(2)36-19-11-7-15-30(36)32-25-24-31-29-14-6-9-17-34(29)41(37(31)38(32)43)27-20-22-28(23-21-27)42-35-18-10-8-16-33(35)40-39(42)26-12-4-3-5-13-26/h3-25H,1-2H3. The third-order valence-electron chi connectivity index (χ3n) is 9.31. The highest BCUT2D eigenvalue weighted by atomic mass is 28.3. The van der Waals surface area contributed by atoms with Crippen LogP contribution >= 0.6 is 0 Å². The van der Waals surface area contributed by atoms with Gasteiger partial charge in [-0.25, -0.2) is 4.98 Å². The van der Waals surface area contributed by atoms with E-state index in [9.17, 15) is 0 Å². The van der Waals surface area contributed by atoms with Crippen LogP contribution in [0.2, 0.25) is 13.1 Å². The topological polar surface area (TPSA) is 22.8 Å². The summed E-state index contributed by atoms with van der Waals surface area (Å²) in [6, 6.07) is 50.5. The van der Waals surface area contributed by atoms with E-state index in [1.54, 1.807) is 5.19 Å². The number of fused-ring (bicyclic) bond motifs is 8. The minimum Gasteiger partial charge on any atom is -0.309 e. The van der Waals surface area contributed by atoms with Gasteiger partial charge in [0.05, 0.1) is 22.1 Å². The third kappa shape index (κ3) is 3.38. The zero-order valence-corrected chi connectivity index (χ0v) is 25.1. The van der Waals surface area contributed by atoms with Gasteiger partial charge >= 0.3 is 0 Å². The maximum Gasteiger partial charge on any atom is 0.145 e. The van der Waals surface area contributed by atoms with E-state index in [0.29, 0.717) is 0 Å². The lowest BCUT2D eigenvalue weighted by Crippen LogP contribution is -2.49. The van der Waals surface area contributed by atoms with Crippen molar-refractivity contribution in [3.05, 3.63) is 140 Å². The van der Waals surface area contributed by atoms with Gasteiger partial charge in [0.25, 0.3) is 0 Å². The van der Waals surface area contributed by atoms with Crippen molar-refractivity contribution in [1.29, 1.82) is 0 Å². The first kappa shape index (κ1) is 24.4. The minimum absolute atomic E-state index is 0.953. The smallest absolute Gasteiger partial charge is 0.145 e. The molecule has 0 radical (unpaired) electrons. The SMILES string of the molecule is C[Si]1(C)c2ccccc2-c2ccc3c4ccccc4n(-c4ccc(-n5c(-c6ccccc6)nc6ccccc65)cc4)c3c21. The van der Waals surface area contributed by atoms with E-state index in [2.05, 4.69) is 162 Å². The molecule has 8 aromatic rings. The molecule has 204 valence electrons. The molecule has 1 aliphatic heterocycles. The Labute approximate surface area is 251 Å². The van der Waals surface area contributed by atoms with Crippen LogP contribution in [-0.4, -0.2) is 22.2 Å². The van der Waals surface area contributed by atoms with Crippen LogP contribution in [0.1, 0.15) is 0 Å². The van der Waals surface area contributed by atoms with Gasteiger partial charge < -0.3 is 4.57 Å². The molecule has 0 unspecified atom stereocenters. The van der Waals surface area contributed by atoms with Crippen molar-refractivity contribution in [2.75, 3.05) is 0 Å². The molecule has 2 aromatic heterocycles. The van der Waals surface area contributed by atoms with Gasteiger partial charge in [-0.2, -0.15) is 0 Å². The highest BCUT2D eigenvalue weighted by Crippen LogP contribution is 2.38. The molecule has 0 fully saturated rings. The number of aromatic nitrogens is 3. The average molecular weight is 568 g/mol. The monoisotopic (exact) mass is 567 g/mol. The summed E-state index contributed by atoms with van der Waals surface area (Å²) in [5.74, 6) is 0.953. The van der Waals surface area contributed by atoms with Crippen LogP contribution in [0.25, 0.3) is 66.7 Å². The lowest BCUT2D eigenvalue weighted by Gasteiger charge is -2.21. The van der Waals surface area contributed by atoms with Crippen molar-refractivity contribution in [3.63, 3.8) is 0 Å². The van der Waals surface area contributed by atoms with Crippen LogP contribution in [0.3, 0.4) is 0 Å². The Morgan fingerprint density at radius 3 is 1.98 bits per heavy atom. The Balaban J connectivity index is 1.29. The van der Waals surface area contributed by atoms with Gasteiger partial charge in [-0.1, -0.05) is 110 Å². The van der Waals surface area contributed by atoms with Crippen molar-refractivity contribution in [2.45, 2.75) is 13.1 Å². The molecule has 0 N–H and O–H groups in total. The number of benzene rings is 6. The van der Waals surface area contributed by atoms with Gasteiger partial charge in [-0.15, -0.1) is 0 Å². The summed E-state index contributed by atoms with van der Waals surface area (Å²) in [6.07, 6.45) is 0. The van der Waals surface area contributed by atoms with Gasteiger partial charge in [0.15, 0.2) is 0 Å². The van der Waals surface area contributed by atoms with Crippen molar-refractivity contribution < 1.29 is 0 Å². The maximum atomic E-state index is 5.05.